The lowest BCUT2D eigenvalue weighted by atomic mass is 10.2. The molecule has 128 valence electrons. The van der Waals surface area contributed by atoms with Gasteiger partial charge < -0.3 is 15.1 Å². The van der Waals surface area contributed by atoms with E-state index >= 15 is 0 Å². The number of hydrogen-bond acceptors (Lipinski definition) is 5. The number of aromatic nitrogens is 2. The van der Waals surface area contributed by atoms with Crippen molar-refractivity contribution in [2.45, 2.75) is 26.8 Å². The second-order valence-electron chi connectivity index (χ2n) is 6.44. The molecule has 1 N–H and O–H groups in total. The molecule has 0 amide bonds. The molecule has 5 nitrogen and oxygen atoms in total. The summed E-state index contributed by atoms with van der Waals surface area (Å²) in [6.07, 6.45) is 0. The lowest BCUT2D eigenvalue weighted by Crippen LogP contribution is -2.47. The molecule has 1 aliphatic rings. The number of benzene rings is 1. The third-order valence-electron chi connectivity index (χ3n) is 4.05. The van der Waals surface area contributed by atoms with Gasteiger partial charge in [0.1, 0.15) is 11.6 Å². The minimum absolute atomic E-state index is 0.195. The minimum atomic E-state index is -0.195. The van der Waals surface area contributed by atoms with Crippen LogP contribution in [0.4, 0.5) is 21.8 Å². The number of rotatable bonds is 4. The minimum Gasteiger partial charge on any atom is -0.368 e. The van der Waals surface area contributed by atoms with E-state index in [0.29, 0.717) is 12.0 Å². The highest BCUT2D eigenvalue weighted by atomic mass is 19.1. The number of piperazine rings is 1. The van der Waals surface area contributed by atoms with Crippen molar-refractivity contribution in [3.05, 3.63) is 41.8 Å². The van der Waals surface area contributed by atoms with Gasteiger partial charge in [0.05, 0.1) is 0 Å². The molecule has 0 bridgehead atoms. The molecular weight excluding hydrogens is 305 g/mol. The van der Waals surface area contributed by atoms with Gasteiger partial charge in [0.2, 0.25) is 5.95 Å². The third kappa shape index (κ3) is 3.93. The van der Waals surface area contributed by atoms with E-state index in [-0.39, 0.29) is 5.82 Å². The Bertz CT molecular complexity index is 678. The molecule has 1 aromatic heterocycles. The Kier molecular flexibility index (Phi) is 4.83. The largest absolute Gasteiger partial charge is 0.368 e. The monoisotopic (exact) mass is 329 g/mol. The van der Waals surface area contributed by atoms with E-state index in [9.17, 15) is 4.39 Å². The first-order chi connectivity index (χ1) is 11.5. The zero-order valence-electron chi connectivity index (χ0n) is 14.5. The predicted molar refractivity (Wildman–Crippen MR) is 96.4 cm³/mol. The molecule has 0 aliphatic carbocycles. The van der Waals surface area contributed by atoms with Crippen LogP contribution in [0, 0.1) is 12.7 Å². The number of nitrogens with zero attached hydrogens (tertiary/aromatic N) is 4. The third-order valence-corrected chi connectivity index (χ3v) is 4.05. The first kappa shape index (κ1) is 16.5. The lowest BCUT2D eigenvalue weighted by molar-refractivity contribution is 0.624. The van der Waals surface area contributed by atoms with E-state index in [1.165, 1.54) is 12.1 Å². The van der Waals surface area contributed by atoms with Crippen LogP contribution in [0.15, 0.2) is 30.3 Å². The molecule has 0 saturated carbocycles. The molecule has 0 radical (unpaired) electrons. The zero-order chi connectivity index (χ0) is 17.1. The Morgan fingerprint density at radius 3 is 2.25 bits per heavy atom. The number of aryl methyl sites for hydroxylation is 1. The average molecular weight is 329 g/mol. The molecule has 1 saturated heterocycles. The van der Waals surface area contributed by atoms with Crippen molar-refractivity contribution < 1.29 is 4.39 Å². The highest BCUT2D eigenvalue weighted by Gasteiger charge is 2.19. The van der Waals surface area contributed by atoms with Gasteiger partial charge in [-0.05, 0) is 45.0 Å². The molecule has 0 atom stereocenters. The molecule has 0 spiro atoms. The van der Waals surface area contributed by atoms with Gasteiger partial charge in [-0.3, -0.25) is 0 Å². The summed E-state index contributed by atoms with van der Waals surface area (Å²) in [4.78, 5) is 13.6. The van der Waals surface area contributed by atoms with Crippen LogP contribution in [-0.2, 0) is 0 Å². The molecule has 2 aromatic rings. The van der Waals surface area contributed by atoms with Crippen molar-refractivity contribution in [1.29, 1.82) is 0 Å². The van der Waals surface area contributed by atoms with Crippen LogP contribution in [0.1, 0.15) is 19.5 Å². The summed E-state index contributed by atoms with van der Waals surface area (Å²) in [5.41, 5.74) is 2.03. The maximum absolute atomic E-state index is 13.1. The Morgan fingerprint density at radius 2 is 1.62 bits per heavy atom. The smallest absolute Gasteiger partial charge is 0.225 e. The standard InChI is InChI=1S/C18H24FN5/c1-13(2)20-18-21-14(3)12-17(22-18)24-10-8-23(9-11-24)16-6-4-15(19)5-7-16/h4-7,12-13H,8-11H2,1-3H3,(H,20,21,22). The van der Waals surface area contributed by atoms with Gasteiger partial charge in [0.25, 0.3) is 0 Å². The van der Waals surface area contributed by atoms with Crippen LogP contribution in [0.3, 0.4) is 0 Å². The average Bonchev–Trinajstić information content (AvgIpc) is 2.54. The molecular formula is C18H24FN5. The van der Waals surface area contributed by atoms with Gasteiger partial charge >= 0.3 is 0 Å². The van der Waals surface area contributed by atoms with Crippen molar-refractivity contribution in [3.8, 4) is 0 Å². The number of anilines is 3. The van der Waals surface area contributed by atoms with Crippen molar-refractivity contribution >= 4 is 17.5 Å². The summed E-state index contributed by atoms with van der Waals surface area (Å²) in [6.45, 7) is 9.69. The van der Waals surface area contributed by atoms with Crippen LogP contribution in [0.5, 0.6) is 0 Å². The van der Waals surface area contributed by atoms with Gasteiger partial charge in [-0.15, -0.1) is 0 Å². The summed E-state index contributed by atoms with van der Waals surface area (Å²) >= 11 is 0. The van der Waals surface area contributed by atoms with Crippen molar-refractivity contribution in [3.63, 3.8) is 0 Å². The SMILES string of the molecule is Cc1cc(N2CCN(c3ccc(F)cc3)CC2)nc(NC(C)C)n1. The first-order valence-electron chi connectivity index (χ1n) is 8.39. The highest BCUT2D eigenvalue weighted by Crippen LogP contribution is 2.21. The molecule has 2 heterocycles. The maximum atomic E-state index is 13.1. The first-order valence-corrected chi connectivity index (χ1v) is 8.39. The van der Waals surface area contributed by atoms with Gasteiger partial charge in [0, 0.05) is 49.7 Å². The molecule has 3 rings (SSSR count). The number of halogens is 1. The van der Waals surface area contributed by atoms with Crippen molar-refractivity contribution in [2.24, 2.45) is 0 Å². The summed E-state index contributed by atoms with van der Waals surface area (Å²) in [5, 5.41) is 3.27. The Labute approximate surface area is 142 Å². The predicted octanol–water partition coefficient (Wildman–Crippen LogP) is 3.07. The summed E-state index contributed by atoms with van der Waals surface area (Å²) < 4.78 is 13.1. The van der Waals surface area contributed by atoms with Crippen LogP contribution in [0.2, 0.25) is 0 Å². The van der Waals surface area contributed by atoms with Crippen LogP contribution < -0.4 is 15.1 Å². The van der Waals surface area contributed by atoms with Crippen LogP contribution >= 0.6 is 0 Å². The molecule has 1 fully saturated rings. The summed E-state index contributed by atoms with van der Waals surface area (Å²) in [7, 11) is 0. The van der Waals surface area contributed by atoms with Crippen molar-refractivity contribution in [1.82, 2.24) is 9.97 Å². The fraction of sp³-hybridized carbons (Fsp3) is 0.444. The van der Waals surface area contributed by atoms with Crippen LogP contribution in [0.25, 0.3) is 0 Å². The van der Waals surface area contributed by atoms with Crippen molar-refractivity contribution in [2.75, 3.05) is 41.3 Å². The number of nitrogens with one attached hydrogen (secondary N) is 1. The Morgan fingerprint density at radius 1 is 1.00 bits per heavy atom. The van der Waals surface area contributed by atoms with E-state index in [0.717, 1.165) is 43.4 Å². The van der Waals surface area contributed by atoms with Gasteiger partial charge in [-0.25, -0.2) is 9.37 Å². The second-order valence-corrected chi connectivity index (χ2v) is 6.44. The molecule has 6 heteroatoms. The topological polar surface area (TPSA) is 44.3 Å². The highest BCUT2D eigenvalue weighted by molar-refractivity contribution is 5.50. The summed E-state index contributed by atoms with van der Waals surface area (Å²) in [5.74, 6) is 1.45. The maximum Gasteiger partial charge on any atom is 0.225 e. The lowest BCUT2D eigenvalue weighted by Gasteiger charge is -2.36. The van der Waals surface area contributed by atoms with E-state index in [2.05, 4.69) is 38.9 Å². The fourth-order valence-corrected chi connectivity index (χ4v) is 2.88. The number of hydrogen-bond donors (Lipinski definition) is 1. The molecule has 0 unspecified atom stereocenters. The van der Waals surface area contributed by atoms with E-state index in [4.69, 9.17) is 0 Å². The summed E-state index contributed by atoms with van der Waals surface area (Å²) in [6, 6.07) is 9.03. The van der Waals surface area contributed by atoms with Crippen LogP contribution in [-0.4, -0.2) is 42.2 Å². The Balaban J connectivity index is 1.68. The molecule has 1 aliphatic heterocycles. The normalized spacial score (nSPS) is 15.0. The van der Waals surface area contributed by atoms with Gasteiger partial charge in [0.15, 0.2) is 0 Å². The zero-order valence-corrected chi connectivity index (χ0v) is 14.5. The van der Waals surface area contributed by atoms with Gasteiger partial charge in [-0.1, -0.05) is 0 Å². The second kappa shape index (κ2) is 7.03. The van der Waals surface area contributed by atoms with E-state index in [1.807, 2.05) is 25.1 Å². The van der Waals surface area contributed by atoms with Gasteiger partial charge in [-0.2, -0.15) is 4.98 Å². The molecule has 24 heavy (non-hydrogen) atoms. The van der Waals surface area contributed by atoms with E-state index in [1.54, 1.807) is 0 Å². The molecule has 1 aromatic carbocycles. The van der Waals surface area contributed by atoms with E-state index < -0.39 is 0 Å². The Hall–Kier alpha value is -2.37. The quantitative estimate of drug-likeness (QED) is 0.934. The fourth-order valence-electron chi connectivity index (χ4n) is 2.88.